The summed E-state index contributed by atoms with van der Waals surface area (Å²) in [6.07, 6.45) is -8.67. The largest absolute Gasteiger partial charge is 0.573 e. The first-order valence-electron chi connectivity index (χ1n) is 10.1. The molecular weight excluding hydrogens is 532 g/mol. The average molecular weight is 548 g/mol. The van der Waals surface area contributed by atoms with Crippen molar-refractivity contribution in [3.05, 3.63) is 88.2 Å². The van der Waals surface area contributed by atoms with Gasteiger partial charge in [0.2, 0.25) is 0 Å². The third-order valence-corrected chi connectivity index (χ3v) is 4.83. The molecule has 0 fully saturated rings. The van der Waals surface area contributed by atoms with Crippen LogP contribution in [0.5, 0.6) is 11.5 Å². The van der Waals surface area contributed by atoms with Crippen molar-refractivity contribution >= 4 is 23.4 Å². The molecule has 0 amide bonds. The summed E-state index contributed by atoms with van der Waals surface area (Å²) < 4.78 is 83.9. The van der Waals surface area contributed by atoms with Gasteiger partial charge in [-0.2, -0.15) is 13.2 Å². The van der Waals surface area contributed by atoms with E-state index in [9.17, 15) is 31.1 Å². The van der Waals surface area contributed by atoms with Crippen molar-refractivity contribution in [1.82, 2.24) is 4.98 Å². The van der Waals surface area contributed by atoms with Gasteiger partial charge in [-0.15, -0.1) is 13.2 Å². The summed E-state index contributed by atoms with van der Waals surface area (Å²) in [6, 6.07) is 11.2. The number of nitrogens with zero attached hydrogens (tertiary/aromatic N) is 2. The number of alkyl halides is 6. The molecule has 7 nitrogen and oxygen atoms in total. The molecule has 3 rings (SSSR count). The fourth-order valence-corrected chi connectivity index (χ4v) is 2.99. The number of amidine groups is 1. The van der Waals surface area contributed by atoms with Crippen LogP contribution in [0, 0.1) is 0 Å². The molecule has 0 saturated heterocycles. The fraction of sp³-hybridized carbons (Fsp3) is 0.174. The van der Waals surface area contributed by atoms with Crippen LogP contribution in [0.2, 0.25) is 5.02 Å². The van der Waals surface area contributed by atoms with E-state index in [0.717, 1.165) is 30.3 Å². The second kappa shape index (κ2) is 11.4. The fourth-order valence-electron chi connectivity index (χ4n) is 2.77. The maximum atomic E-state index is 12.7. The Morgan fingerprint density at radius 2 is 1.59 bits per heavy atom. The van der Waals surface area contributed by atoms with Crippen LogP contribution in [0.1, 0.15) is 27.2 Å². The van der Waals surface area contributed by atoms with E-state index in [1.807, 2.05) is 0 Å². The van der Waals surface area contributed by atoms with E-state index in [4.69, 9.17) is 26.9 Å². The minimum Gasteiger partial charge on any atom is -0.487 e. The van der Waals surface area contributed by atoms with Crippen LogP contribution in [0.3, 0.4) is 0 Å². The number of ether oxygens (including phenoxy) is 2. The maximum absolute atomic E-state index is 12.7. The molecule has 196 valence electrons. The molecule has 0 saturated carbocycles. The van der Waals surface area contributed by atoms with Gasteiger partial charge in [0, 0.05) is 12.6 Å². The topological polar surface area (TPSA) is 96.0 Å². The number of pyridine rings is 1. The summed E-state index contributed by atoms with van der Waals surface area (Å²) in [4.78, 5) is 20.4. The lowest BCUT2D eigenvalue weighted by molar-refractivity contribution is -0.274. The quantitative estimate of drug-likeness (QED) is 0.124. The Morgan fingerprint density at radius 1 is 0.973 bits per heavy atom. The molecule has 1 heterocycles. The summed E-state index contributed by atoms with van der Waals surface area (Å²) in [5, 5.41) is 3.32. The van der Waals surface area contributed by atoms with E-state index in [1.165, 1.54) is 0 Å². The Balaban J connectivity index is 1.51. The Kier molecular flexibility index (Phi) is 8.48. The van der Waals surface area contributed by atoms with Crippen molar-refractivity contribution in [2.45, 2.75) is 25.6 Å². The predicted molar refractivity (Wildman–Crippen MR) is 119 cm³/mol. The van der Waals surface area contributed by atoms with E-state index in [0.29, 0.717) is 17.5 Å². The molecule has 0 spiro atoms. The zero-order chi connectivity index (χ0) is 27.2. The van der Waals surface area contributed by atoms with Crippen LogP contribution in [0.25, 0.3) is 0 Å². The van der Waals surface area contributed by atoms with E-state index in [-0.39, 0.29) is 35.1 Å². The number of aromatic nitrogens is 1. The van der Waals surface area contributed by atoms with Crippen molar-refractivity contribution in [1.29, 1.82) is 0 Å². The molecule has 0 aliphatic heterocycles. The van der Waals surface area contributed by atoms with Crippen LogP contribution in [0.15, 0.2) is 65.9 Å². The maximum Gasteiger partial charge on any atom is 0.573 e. The minimum atomic E-state index is -4.86. The lowest BCUT2D eigenvalue weighted by Gasteiger charge is -2.10. The molecule has 1 aromatic heterocycles. The van der Waals surface area contributed by atoms with Crippen molar-refractivity contribution in [3.8, 4) is 11.5 Å². The van der Waals surface area contributed by atoms with Gasteiger partial charge >= 0.3 is 18.5 Å². The summed E-state index contributed by atoms with van der Waals surface area (Å²) in [5.74, 6) is -1.14. The molecule has 37 heavy (non-hydrogen) atoms. The number of oxime groups is 1. The van der Waals surface area contributed by atoms with Gasteiger partial charge in [-0.3, -0.25) is 4.98 Å². The summed E-state index contributed by atoms with van der Waals surface area (Å²) >= 11 is 5.85. The Bertz CT molecular complexity index is 1260. The highest BCUT2D eigenvalue weighted by Crippen LogP contribution is 2.31. The molecule has 14 heteroatoms. The number of hydrogen-bond donors (Lipinski definition) is 1. The van der Waals surface area contributed by atoms with Crippen LogP contribution < -0.4 is 15.2 Å². The van der Waals surface area contributed by atoms with E-state index in [1.54, 1.807) is 24.3 Å². The molecule has 0 atom stereocenters. The van der Waals surface area contributed by atoms with Crippen LogP contribution in [0.4, 0.5) is 26.3 Å². The van der Waals surface area contributed by atoms with E-state index >= 15 is 0 Å². The van der Waals surface area contributed by atoms with Crippen molar-refractivity contribution in [2.24, 2.45) is 10.9 Å². The summed E-state index contributed by atoms with van der Waals surface area (Å²) in [7, 11) is 0. The molecule has 2 aromatic carbocycles. The number of carbonyl (C=O) groups excluding carboxylic acids is 1. The summed E-state index contributed by atoms with van der Waals surface area (Å²) in [5.41, 5.74) is 5.49. The van der Waals surface area contributed by atoms with Crippen LogP contribution in [-0.4, -0.2) is 23.2 Å². The highest BCUT2D eigenvalue weighted by Gasteiger charge is 2.32. The third-order valence-electron chi connectivity index (χ3n) is 4.50. The van der Waals surface area contributed by atoms with E-state index < -0.39 is 29.8 Å². The Labute approximate surface area is 210 Å². The second-order valence-electron chi connectivity index (χ2n) is 7.29. The smallest absolute Gasteiger partial charge is 0.487 e. The standard InChI is InChI=1S/C23H16ClF6N3O4/c24-18-10-15(22(25,26)27)11-32-19(18)12-35-16-5-1-13(2-6-16)9-20(31)33-37-21(34)14-3-7-17(8-4-14)36-23(28,29)30/h1-8,10-11H,9,12H2,(H2,31,33). The zero-order valence-electron chi connectivity index (χ0n) is 18.4. The van der Waals surface area contributed by atoms with Gasteiger partial charge in [0.05, 0.1) is 21.8 Å². The van der Waals surface area contributed by atoms with Gasteiger partial charge in [0.25, 0.3) is 0 Å². The molecule has 0 bridgehead atoms. The number of halogens is 7. The first kappa shape index (κ1) is 27.6. The summed E-state index contributed by atoms with van der Waals surface area (Å²) in [6.45, 7) is -0.167. The van der Waals surface area contributed by atoms with E-state index in [2.05, 4.69) is 14.9 Å². The Hall–Kier alpha value is -4.00. The molecule has 0 aliphatic rings. The Morgan fingerprint density at radius 3 is 2.16 bits per heavy atom. The molecule has 3 aromatic rings. The minimum absolute atomic E-state index is 0.0696. The lowest BCUT2D eigenvalue weighted by Crippen LogP contribution is -2.17. The monoisotopic (exact) mass is 547 g/mol. The van der Waals surface area contributed by atoms with Gasteiger partial charge in [0.15, 0.2) is 0 Å². The zero-order valence-corrected chi connectivity index (χ0v) is 19.2. The number of hydrogen-bond acceptors (Lipinski definition) is 6. The van der Waals surface area contributed by atoms with Crippen LogP contribution in [-0.2, 0) is 24.0 Å². The molecule has 0 radical (unpaired) electrons. The molecular formula is C23H16ClF6N3O4. The number of rotatable bonds is 8. The third kappa shape index (κ3) is 8.56. The van der Waals surface area contributed by atoms with Gasteiger partial charge in [-0.1, -0.05) is 28.9 Å². The molecule has 0 aliphatic carbocycles. The number of nitrogens with two attached hydrogens (primary N) is 1. The lowest BCUT2D eigenvalue weighted by atomic mass is 10.1. The second-order valence-corrected chi connectivity index (χ2v) is 7.70. The van der Waals surface area contributed by atoms with Gasteiger partial charge in [0.1, 0.15) is 23.9 Å². The van der Waals surface area contributed by atoms with Crippen molar-refractivity contribution in [3.63, 3.8) is 0 Å². The highest BCUT2D eigenvalue weighted by molar-refractivity contribution is 6.31. The van der Waals surface area contributed by atoms with Gasteiger partial charge < -0.3 is 20.0 Å². The van der Waals surface area contributed by atoms with Gasteiger partial charge in [-0.05, 0) is 48.0 Å². The van der Waals surface area contributed by atoms with Crippen LogP contribution >= 0.6 is 11.6 Å². The predicted octanol–water partition coefficient (Wildman–Crippen LogP) is 5.90. The normalized spacial score (nSPS) is 12.2. The first-order valence-corrected chi connectivity index (χ1v) is 10.5. The average Bonchev–Trinajstić information content (AvgIpc) is 2.81. The number of benzene rings is 2. The molecule has 0 unspecified atom stereocenters. The molecule has 2 N–H and O–H groups in total. The number of carbonyl (C=O) groups is 1. The van der Waals surface area contributed by atoms with Gasteiger partial charge in [-0.25, -0.2) is 4.79 Å². The SMILES string of the molecule is NC(Cc1ccc(OCc2ncc(C(F)(F)F)cc2Cl)cc1)=NOC(=O)c1ccc(OC(F)(F)F)cc1. The first-order chi connectivity index (χ1) is 17.3. The van der Waals surface area contributed by atoms with Crippen molar-refractivity contribution < 1.29 is 45.4 Å². The highest BCUT2D eigenvalue weighted by atomic mass is 35.5. The van der Waals surface area contributed by atoms with Crippen molar-refractivity contribution in [2.75, 3.05) is 0 Å².